The Morgan fingerprint density at radius 2 is 2.11 bits per heavy atom. The molecular weight excluding hydrogens is 236 g/mol. The molecule has 0 unspecified atom stereocenters. The van der Waals surface area contributed by atoms with Crippen LogP contribution in [-0.2, 0) is 0 Å². The molecule has 1 aromatic carbocycles. The molecule has 0 spiro atoms. The second-order valence-corrected chi connectivity index (χ2v) is 3.22. The lowest BCUT2D eigenvalue weighted by molar-refractivity contribution is 0.355. The predicted molar refractivity (Wildman–Crippen MR) is 64.9 cm³/mol. The van der Waals surface area contributed by atoms with E-state index in [1.54, 1.807) is 32.6 Å². The lowest BCUT2D eigenvalue weighted by atomic mass is 10.2. The molecule has 0 aliphatic carbocycles. The SMILES string of the molecule is COc1ccc(/C=N\Nc2nn[nH]n2)cc1OC. The van der Waals surface area contributed by atoms with Gasteiger partial charge in [-0.15, -0.1) is 5.10 Å². The highest BCUT2D eigenvalue weighted by Gasteiger charge is 2.02. The first-order valence-electron chi connectivity index (χ1n) is 5.08. The van der Waals surface area contributed by atoms with Crippen molar-refractivity contribution in [2.75, 3.05) is 19.6 Å². The fraction of sp³-hybridized carbons (Fsp3) is 0.200. The van der Waals surface area contributed by atoms with Crippen molar-refractivity contribution >= 4 is 12.2 Å². The minimum absolute atomic E-state index is 0.298. The molecule has 94 valence electrons. The van der Waals surface area contributed by atoms with E-state index in [4.69, 9.17) is 9.47 Å². The molecule has 2 N–H and O–H groups in total. The van der Waals surface area contributed by atoms with Crippen molar-refractivity contribution in [3.8, 4) is 11.5 Å². The van der Waals surface area contributed by atoms with Crippen LogP contribution < -0.4 is 14.9 Å². The van der Waals surface area contributed by atoms with Crippen LogP contribution in [0.25, 0.3) is 0 Å². The summed E-state index contributed by atoms with van der Waals surface area (Å²) in [6, 6.07) is 5.46. The van der Waals surface area contributed by atoms with Crippen molar-refractivity contribution < 1.29 is 9.47 Å². The summed E-state index contributed by atoms with van der Waals surface area (Å²) in [7, 11) is 3.17. The second-order valence-electron chi connectivity index (χ2n) is 3.22. The van der Waals surface area contributed by atoms with Crippen LogP contribution >= 0.6 is 0 Å². The standard InChI is InChI=1S/C10H12N6O2/c1-17-8-4-3-7(5-9(8)18-2)6-11-12-10-13-15-16-14-10/h3-6H,1-2H3,(H2,12,13,14,15,16)/b11-6-. The summed E-state index contributed by atoms with van der Waals surface area (Å²) in [6.07, 6.45) is 1.61. The Hall–Kier alpha value is -2.64. The smallest absolute Gasteiger partial charge is 0.283 e. The van der Waals surface area contributed by atoms with Gasteiger partial charge in [-0.05, 0) is 29.0 Å². The zero-order valence-electron chi connectivity index (χ0n) is 9.91. The molecule has 0 aliphatic heterocycles. The van der Waals surface area contributed by atoms with E-state index >= 15 is 0 Å². The average Bonchev–Trinajstić information content (AvgIpc) is 2.91. The number of hydrogen-bond acceptors (Lipinski definition) is 7. The van der Waals surface area contributed by atoms with Crippen molar-refractivity contribution in [1.82, 2.24) is 20.6 Å². The van der Waals surface area contributed by atoms with E-state index in [1.807, 2.05) is 6.07 Å². The molecule has 18 heavy (non-hydrogen) atoms. The lowest BCUT2D eigenvalue weighted by Crippen LogP contribution is -1.94. The summed E-state index contributed by atoms with van der Waals surface area (Å²) < 4.78 is 10.3. The summed E-state index contributed by atoms with van der Waals surface area (Å²) >= 11 is 0. The van der Waals surface area contributed by atoms with E-state index in [0.29, 0.717) is 17.4 Å². The maximum absolute atomic E-state index is 5.18. The first kappa shape index (κ1) is 11.8. The summed E-state index contributed by atoms with van der Waals surface area (Å²) in [6.45, 7) is 0. The normalized spacial score (nSPS) is 10.6. The Balaban J connectivity index is 2.07. The van der Waals surface area contributed by atoms with Gasteiger partial charge in [0.05, 0.1) is 20.4 Å². The summed E-state index contributed by atoms with van der Waals surface area (Å²) in [4.78, 5) is 0. The van der Waals surface area contributed by atoms with E-state index < -0.39 is 0 Å². The first-order valence-corrected chi connectivity index (χ1v) is 5.08. The van der Waals surface area contributed by atoms with Crippen LogP contribution in [0.2, 0.25) is 0 Å². The molecule has 2 rings (SSSR count). The number of aromatic amines is 1. The molecule has 2 aromatic rings. The van der Waals surface area contributed by atoms with Gasteiger partial charge in [-0.25, -0.2) is 5.43 Å². The van der Waals surface area contributed by atoms with E-state index in [2.05, 4.69) is 31.2 Å². The molecule has 8 nitrogen and oxygen atoms in total. The quantitative estimate of drug-likeness (QED) is 0.596. The van der Waals surface area contributed by atoms with Gasteiger partial charge in [0.25, 0.3) is 5.95 Å². The van der Waals surface area contributed by atoms with Crippen molar-refractivity contribution in [1.29, 1.82) is 0 Å². The molecule has 0 saturated heterocycles. The molecule has 1 aromatic heterocycles. The van der Waals surface area contributed by atoms with Gasteiger partial charge in [-0.3, -0.25) is 0 Å². The maximum atomic E-state index is 5.18. The molecule has 0 bridgehead atoms. The Bertz CT molecular complexity index is 525. The van der Waals surface area contributed by atoms with Crippen LogP contribution in [0.15, 0.2) is 23.3 Å². The van der Waals surface area contributed by atoms with E-state index in [9.17, 15) is 0 Å². The van der Waals surface area contributed by atoms with Crippen molar-refractivity contribution in [3.05, 3.63) is 23.8 Å². The lowest BCUT2D eigenvalue weighted by Gasteiger charge is -2.07. The maximum Gasteiger partial charge on any atom is 0.283 e. The molecule has 8 heteroatoms. The zero-order chi connectivity index (χ0) is 12.8. The average molecular weight is 248 g/mol. The zero-order valence-corrected chi connectivity index (χ0v) is 9.91. The molecule has 0 saturated carbocycles. The van der Waals surface area contributed by atoms with Crippen LogP contribution in [-0.4, -0.2) is 41.1 Å². The number of benzene rings is 1. The fourth-order valence-corrected chi connectivity index (χ4v) is 1.31. The number of ether oxygens (including phenoxy) is 2. The number of methoxy groups -OCH3 is 2. The highest BCUT2D eigenvalue weighted by atomic mass is 16.5. The Kier molecular flexibility index (Phi) is 3.69. The van der Waals surface area contributed by atoms with Crippen LogP contribution in [0.3, 0.4) is 0 Å². The largest absolute Gasteiger partial charge is 0.493 e. The third-order valence-corrected chi connectivity index (χ3v) is 2.13. The molecule has 0 fully saturated rings. The molecule has 1 heterocycles. The van der Waals surface area contributed by atoms with Crippen molar-refractivity contribution in [2.45, 2.75) is 0 Å². The fourth-order valence-electron chi connectivity index (χ4n) is 1.31. The van der Waals surface area contributed by atoms with Crippen LogP contribution in [0.4, 0.5) is 5.95 Å². The molecule has 0 radical (unpaired) electrons. The van der Waals surface area contributed by atoms with Gasteiger partial charge < -0.3 is 9.47 Å². The summed E-state index contributed by atoms with van der Waals surface area (Å²) in [5, 5.41) is 17.0. The van der Waals surface area contributed by atoms with Crippen molar-refractivity contribution in [2.24, 2.45) is 5.10 Å². The van der Waals surface area contributed by atoms with E-state index in [1.165, 1.54) is 0 Å². The molecule has 0 aliphatic rings. The number of nitrogens with zero attached hydrogens (tertiary/aromatic N) is 4. The Morgan fingerprint density at radius 1 is 1.28 bits per heavy atom. The summed E-state index contributed by atoms with van der Waals surface area (Å²) in [5.41, 5.74) is 3.47. The van der Waals surface area contributed by atoms with Gasteiger partial charge in [0, 0.05) is 0 Å². The van der Waals surface area contributed by atoms with Gasteiger partial charge in [-0.1, -0.05) is 5.10 Å². The molecule has 0 amide bonds. The number of aromatic nitrogens is 4. The number of hydrogen-bond donors (Lipinski definition) is 2. The minimum Gasteiger partial charge on any atom is -0.493 e. The highest BCUT2D eigenvalue weighted by molar-refractivity contribution is 5.81. The molecular formula is C10H12N6O2. The third-order valence-electron chi connectivity index (χ3n) is 2.13. The van der Waals surface area contributed by atoms with Gasteiger partial charge in [0.15, 0.2) is 11.5 Å². The number of rotatable bonds is 5. The number of tetrazole rings is 1. The Morgan fingerprint density at radius 3 is 2.78 bits per heavy atom. The highest BCUT2D eigenvalue weighted by Crippen LogP contribution is 2.26. The van der Waals surface area contributed by atoms with Crippen LogP contribution in [0.5, 0.6) is 11.5 Å². The monoisotopic (exact) mass is 248 g/mol. The summed E-state index contributed by atoms with van der Waals surface area (Å²) in [5.74, 6) is 1.61. The first-order chi connectivity index (χ1) is 8.83. The van der Waals surface area contributed by atoms with Gasteiger partial charge in [0.2, 0.25) is 0 Å². The Labute approximate surface area is 103 Å². The van der Waals surface area contributed by atoms with Crippen molar-refractivity contribution in [3.63, 3.8) is 0 Å². The van der Waals surface area contributed by atoms with Crippen LogP contribution in [0, 0.1) is 0 Å². The molecule has 0 atom stereocenters. The number of nitrogens with one attached hydrogen (secondary N) is 2. The van der Waals surface area contributed by atoms with Gasteiger partial charge >= 0.3 is 0 Å². The van der Waals surface area contributed by atoms with Gasteiger partial charge in [0.1, 0.15) is 0 Å². The van der Waals surface area contributed by atoms with Crippen LogP contribution in [0.1, 0.15) is 5.56 Å². The topological polar surface area (TPSA) is 97.3 Å². The minimum atomic E-state index is 0.298. The predicted octanol–water partition coefficient (Wildman–Crippen LogP) is 0.663. The number of hydrazone groups is 1. The third kappa shape index (κ3) is 2.73. The number of anilines is 1. The number of H-pyrrole nitrogens is 1. The second kappa shape index (κ2) is 5.62. The van der Waals surface area contributed by atoms with E-state index in [-0.39, 0.29) is 0 Å². The van der Waals surface area contributed by atoms with E-state index in [0.717, 1.165) is 5.56 Å². The van der Waals surface area contributed by atoms with Gasteiger partial charge in [-0.2, -0.15) is 10.3 Å².